The second-order valence-electron chi connectivity index (χ2n) is 3.77. The summed E-state index contributed by atoms with van der Waals surface area (Å²) in [5.41, 5.74) is 11.0. The Morgan fingerprint density at radius 2 is 1.84 bits per heavy atom. The lowest BCUT2D eigenvalue weighted by Gasteiger charge is -2.10. The van der Waals surface area contributed by atoms with Crippen LogP contribution in [0.3, 0.4) is 0 Å². The number of nitrogens with two attached hydrogens (primary N) is 2. The average molecular weight is 264 g/mol. The lowest BCUT2D eigenvalue weighted by Crippen LogP contribution is -2.11. The first-order chi connectivity index (χ1) is 8.99. The maximum absolute atomic E-state index is 13.4. The van der Waals surface area contributed by atoms with Crippen molar-refractivity contribution in [3.63, 3.8) is 0 Å². The number of primary amides is 1. The van der Waals surface area contributed by atoms with E-state index in [0.717, 1.165) is 6.07 Å². The molecule has 1 amide bonds. The summed E-state index contributed by atoms with van der Waals surface area (Å²) in [6.07, 6.45) is 0. The van der Waals surface area contributed by atoms with Gasteiger partial charge in [-0.3, -0.25) is 4.79 Å². The molecule has 0 radical (unpaired) electrons. The first kappa shape index (κ1) is 12.8. The fourth-order valence-electron chi connectivity index (χ4n) is 1.48. The maximum atomic E-state index is 13.4. The quantitative estimate of drug-likeness (QED) is 0.836. The zero-order valence-corrected chi connectivity index (χ0v) is 9.69. The largest absolute Gasteiger partial charge is 0.452 e. The Hall–Kier alpha value is -2.63. The number of hydrogen-bond acceptors (Lipinski definition) is 3. The van der Waals surface area contributed by atoms with Crippen molar-refractivity contribution < 1.29 is 18.3 Å². The van der Waals surface area contributed by atoms with Crippen molar-refractivity contribution in [1.82, 2.24) is 0 Å². The van der Waals surface area contributed by atoms with Crippen molar-refractivity contribution in [1.29, 1.82) is 0 Å². The molecule has 0 aromatic heterocycles. The van der Waals surface area contributed by atoms with E-state index in [-0.39, 0.29) is 22.7 Å². The van der Waals surface area contributed by atoms with E-state index in [2.05, 4.69) is 0 Å². The average Bonchev–Trinajstić information content (AvgIpc) is 2.37. The number of carbonyl (C=O) groups excluding carboxylic acids is 1. The van der Waals surface area contributed by atoms with E-state index in [9.17, 15) is 13.6 Å². The molecule has 2 aromatic rings. The van der Waals surface area contributed by atoms with Gasteiger partial charge in [-0.15, -0.1) is 0 Å². The van der Waals surface area contributed by atoms with E-state index in [1.165, 1.54) is 30.3 Å². The molecule has 98 valence electrons. The highest BCUT2D eigenvalue weighted by atomic mass is 19.2. The molecule has 0 spiro atoms. The van der Waals surface area contributed by atoms with Crippen molar-refractivity contribution >= 4 is 11.6 Å². The minimum Gasteiger partial charge on any atom is -0.452 e. The van der Waals surface area contributed by atoms with Crippen molar-refractivity contribution in [2.24, 2.45) is 5.73 Å². The molecule has 0 fully saturated rings. The minimum atomic E-state index is -1.11. The Labute approximate surface area is 107 Å². The molecule has 19 heavy (non-hydrogen) atoms. The van der Waals surface area contributed by atoms with Gasteiger partial charge in [0.15, 0.2) is 17.3 Å². The molecule has 0 aliphatic heterocycles. The van der Waals surface area contributed by atoms with Crippen LogP contribution in [-0.2, 0) is 0 Å². The highest BCUT2D eigenvalue weighted by Gasteiger charge is 2.12. The molecular formula is C13H10F2N2O2. The molecular weight excluding hydrogens is 254 g/mol. The number of hydrogen-bond donors (Lipinski definition) is 2. The van der Waals surface area contributed by atoms with Gasteiger partial charge in [0, 0.05) is 5.56 Å². The zero-order chi connectivity index (χ0) is 14.0. The molecule has 0 bridgehead atoms. The molecule has 0 aliphatic rings. The molecule has 6 heteroatoms. The number of nitrogen functional groups attached to an aromatic ring is 1. The van der Waals surface area contributed by atoms with E-state index < -0.39 is 17.5 Å². The second kappa shape index (κ2) is 4.93. The van der Waals surface area contributed by atoms with Crippen LogP contribution < -0.4 is 16.2 Å². The summed E-state index contributed by atoms with van der Waals surface area (Å²) in [5.74, 6) is -2.96. The Balaban J connectivity index is 2.34. The van der Waals surface area contributed by atoms with Gasteiger partial charge in [0.2, 0.25) is 11.7 Å². The Bertz CT molecular complexity index is 645. The summed E-state index contributed by atoms with van der Waals surface area (Å²) in [6, 6.07) is 7.59. The summed E-state index contributed by atoms with van der Waals surface area (Å²) < 4.78 is 31.6. The van der Waals surface area contributed by atoms with Gasteiger partial charge in [-0.25, -0.2) is 4.39 Å². The summed E-state index contributed by atoms with van der Waals surface area (Å²) in [5, 5.41) is 0. The van der Waals surface area contributed by atoms with E-state index >= 15 is 0 Å². The van der Waals surface area contributed by atoms with E-state index in [1.54, 1.807) is 0 Å². The standard InChI is InChI=1S/C13H10F2N2O2/c14-8-2-1-3-11(12(8)15)19-10-5-4-7(13(17)18)6-9(10)16/h1-6H,16H2,(H2,17,18). The SMILES string of the molecule is NC(=O)c1ccc(Oc2cccc(F)c2F)c(N)c1. The third kappa shape index (κ3) is 2.62. The van der Waals surface area contributed by atoms with Crippen LogP contribution in [0.2, 0.25) is 0 Å². The zero-order valence-electron chi connectivity index (χ0n) is 9.69. The normalized spacial score (nSPS) is 10.2. The van der Waals surface area contributed by atoms with Gasteiger partial charge in [0.25, 0.3) is 0 Å². The summed E-state index contributed by atoms with van der Waals surface area (Å²) in [4.78, 5) is 10.9. The Kier molecular flexibility index (Phi) is 3.33. The van der Waals surface area contributed by atoms with E-state index in [0.29, 0.717) is 0 Å². The van der Waals surface area contributed by atoms with Gasteiger partial charge in [0.05, 0.1) is 5.69 Å². The highest BCUT2D eigenvalue weighted by molar-refractivity contribution is 5.94. The monoisotopic (exact) mass is 264 g/mol. The number of carbonyl (C=O) groups is 1. The summed E-state index contributed by atoms with van der Waals surface area (Å²) in [6.45, 7) is 0. The van der Waals surface area contributed by atoms with Crippen LogP contribution in [0.4, 0.5) is 14.5 Å². The molecule has 4 nitrogen and oxygen atoms in total. The van der Waals surface area contributed by atoms with Gasteiger partial charge < -0.3 is 16.2 Å². The van der Waals surface area contributed by atoms with Crippen molar-refractivity contribution in [2.75, 3.05) is 5.73 Å². The number of amides is 1. The molecule has 0 heterocycles. The van der Waals surface area contributed by atoms with Crippen LogP contribution in [-0.4, -0.2) is 5.91 Å². The highest BCUT2D eigenvalue weighted by Crippen LogP contribution is 2.30. The van der Waals surface area contributed by atoms with Gasteiger partial charge in [-0.05, 0) is 30.3 Å². The predicted octanol–water partition coefficient (Wildman–Crippen LogP) is 2.44. The molecule has 2 aromatic carbocycles. The van der Waals surface area contributed by atoms with Crippen LogP contribution in [0.15, 0.2) is 36.4 Å². The fraction of sp³-hybridized carbons (Fsp3) is 0. The topological polar surface area (TPSA) is 78.3 Å². The van der Waals surface area contributed by atoms with Gasteiger partial charge >= 0.3 is 0 Å². The van der Waals surface area contributed by atoms with Gasteiger partial charge in [-0.2, -0.15) is 4.39 Å². The number of ether oxygens (including phenoxy) is 1. The van der Waals surface area contributed by atoms with Gasteiger partial charge in [0.1, 0.15) is 0 Å². The number of anilines is 1. The third-order valence-corrected chi connectivity index (χ3v) is 2.43. The summed E-state index contributed by atoms with van der Waals surface area (Å²) >= 11 is 0. The smallest absolute Gasteiger partial charge is 0.248 e. The predicted molar refractivity (Wildman–Crippen MR) is 65.8 cm³/mol. The summed E-state index contributed by atoms with van der Waals surface area (Å²) in [7, 11) is 0. The van der Waals surface area contributed by atoms with Crippen LogP contribution in [0, 0.1) is 11.6 Å². The molecule has 4 N–H and O–H groups in total. The second-order valence-corrected chi connectivity index (χ2v) is 3.77. The van der Waals surface area contributed by atoms with Crippen molar-refractivity contribution in [3.8, 4) is 11.5 Å². The van der Waals surface area contributed by atoms with Crippen molar-refractivity contribution in [3.05, 3.63) is 53.6 Å². The van der Waals surface area contributed by atoms with E-state index in [1.807, 2.05) is 0 Å². The number of halogens is 2. The molecule has 0 aliphatic carbocycles. The third-order valence-electron chi connectivity index (χ3n) is 2.43. The maximum Gasteiger partial charge on any atom is 0.248 e. The van der Waals surface area contributed by atoms with Crippen LogP contribution in [0.1, 0.15) is 10.4 Å². The minimum absolute atomic E-state index is 0.0972. The Morgan fingerprint density at radius 1 is 1.11 bits per heavy atom. The van der Waals surface area contributed by atoms with Crippen molar-refractivity contribution in [2.45, 2.75) is 0 Å². The Morgan fingerprint density at radius 3 is 2.47 bits per heavy atom. The van der Waals surface area contributed by atoms with Gasteiger partial charge in [-0.1, -0.05) is 6.07 Å². The first-order valence-electron chi connectivity index (χ1n) is 5.30. The lowest BCUT2D eigenvalue weighted by atomic mass is 10.2. The first-order valence-corrected chi connectivity index (χ1v) is 5.30. The fourth-order valence-corrected chi connectivity index (χ4v) is 1.48. The lowest BCUT2D eigenvalue weighted by molar-refractivity contribution is 0.100. The van der Waals surface area contributed by atoms with Crippen LogP contribution in [0.5, 0.6) is 11.5 Å². The van der Waals surface area contributed by atoms with Crippen LogP contribution in [0.25, 0.3) is 0 Å². The number of benzene rings is 2. The molecule has 0 atom stereocenters. The molecule has 2 rings (SSSR count). The van der Waals surface area contributed by atoms with E-state index in [4.69, 9.17) is 16.2 Å². The molecule has 0 unspecified atom stereocenters. The van der Waals surface area contributed by atoms with Crippen LogP contribution >= 0.6 is 0 Å². The molecule has 0 saturated carbocycles. The number of rotatable bonds is 3. The molecule has 0 saturated heterocycles.